The Kier molecular flexibility index (Phi) is 11.4. The molecule has 1 saturated carbocycles. The van der Waals surface area contributed by atoms with Gasteiger partial charge in [-0.25, -0.2) is 0 Å². The summed E-state index contributed by atoms with van der Waals surface area (Å²) >= 11 is 0. The van der Waals surface area contributed by atoms with Gasteiger partial charge in [0.05, 0.1) is 0 Å². The summed E-state index contributed by atoms with van der Waals surface area (Å²) in [5, 5.41) is 0. The highest BCUT2D eigenvalue weighted by atomic mass is 14.7. The van der Waals surface area contributed by atoms with Crippen LogP contribution in [0.15, 0.2) is 0 Å². The summed E-state index contributed by atoms with van der Waals surface area (Å²) in [4.78, 5) is 0. The maximum Gasteiger partial charge on any atom is -0.0215 e. The molecule has 0 aromatic heterocycles. The molecule has 0 amide bonds. The van der Waals surface area contributed by atoms with Gasteiger partial charge in [-0.15, -0.1) is 0 Å². The van der Waals surface area contributed by atoms with E-state index in [2.05, 4.69) is 96.9 Å². The monoisotopic (exact) mass is 449 g/mol. The van der Waals surface area contributed by atoms with Gasteiger partial charge in [-0.3, -0.25) is 0 Å². The summed E-state index contributed by atoms with van der Waals surface area (Å²) in [6.07, 6.45) is 8.20. The van der Waals surface area contributed by atoms with Crippen LogP contribution < -0.4 is 0 Å². The van der Waals surface area contributed by atoms with Crippen LogP contribution in [0.3, 0.4) is 0 Å². The lowest BCUT2D eigenvalue weighted by atomic mass is 9.32. The van der Waals surface area contributed by atoms with Gasteiger partial charge in [0, 0.05) is 0 Å². The van der Waals surface area contributed by atoms with E-state index in [1.807, 2.05) is 0 Å². The van der Waals surface area contributed by atoms with Crippen molar-refractivity contribution in [1.82, 2.24) is 0 Å². The third kappa shape index (κ3) is 5.79. The third-order valence-corrected chi connectivity index (χ3v) is 11.5. The average Bonchev–Trinajstić information content (AvgIpc) is 2.72. The maximum absolute atomic E-state index is 2.66. The highest BCUT2D eigenvalue weighted by molar-refractivity contribution is 5.14. The molecular weight excluding hydrogens is 384 g/mol. The van der Waals surface area contributed by atoms with E-state index in [9.17, 15) is 0 Å². The summed E-state index contributed by atoms with van der Waals surface area (Å²) in [6.45, 7) is 35.4. The molecule has 0 heterocycles. The Morgan fingerprint density at radius 3 is 1.59 bits per heavy atom. The van der Waals surface area contributed by atoms with Gasteiger partial charge in [-0.1, -0.05) is 123 Å². The second-order valence-electron chi connectivity index (χ2n) is 13.8. The minimum absolute atomic E-state index is 0.430. The van der Waals surface area contributed by atoms with Crippen molar-refractivity contribution in [1.29, 1.82) is 0 Å². The molecule has 1 aliphatic rings. The minimum atomic E-state index is 0.430. The fraction of sp³-hybridized carbons (Fsp3) is 1.00. The molecule has 0 aromatic carbocycles. The molecule has 0 aromatic rings. The normalized spacial score (nSPS) is 32.0. The van der Waals surface area contributed by atoms with Gasteiger partial charge in [0.15, 0.2) is 0 Å². The third-order valence-electron chi connectivity index (χ3n) is 11.5. The molecule has 1 aliphatic carbocycles. The quantitative estimate of drug-likeness (QED) is 0.248. The van der Waals surface area contributed by atoms with Crippen LogP contribution in [0.25, 0.3) is 0 Å². The molecule has 0 aliphatic heterocycles. The van der Waals surface area contributed by atoms with E-state index in [1.54, 1.807) is 0 Å². The largest absolute Gasteiger partial charge is 0.0654 e. The van der Waals surface area contributed by atoms with Crippen molar-refractivity contribution < 1.29 is 0 Å². The summed E-state index contributed by atoms with van der Waals surface area (Å²) in [5.41, 5.74) is 0.874. The van der Waals surface area contributed by atoms with E-state index in [-0.39, 0.29) is 0 Å². The Balaban J connectivity index is 3.24. The fourth-order valence-electron chi connectivity index (χ4n) is 8.68. The van der Waals surface area contributed by atoms with Crippen LogP contribution in [0.2, 0.25) is 0 Å². The van der Waals surface area contributed by atoms with Crippen molar-refractivity contribution >= 4 is 0 Å². The van der Waals surface area contributed by atoms with Crippen LogP contribution in [0.4, 0.5) is 0 Å². The average molecular weight is 449 g/mol. The van der Waals surface area contributed by atoms with E-state index in [0.29, 0.717) is 10.8 Å². The van der Waals surface area contributed by atoms with Gasteiger partial charge >= 0.3 is 0 Å². The van der Waals surface area contributed by atoms with Crippen LogP contribution in [0, 0.1) is 70.0 Å². The number of rotatable bonds is 14. The Labute approximate surface area is 205 Å². The lowest BCUT2D eigenvalue weighted by Crippen LogP contribution is -2.67. The molecular formula is C32H64. The molecule has 192 valence electrons. The van der Waals surface area contributed by atoms with Gasteiger partial charge in [-0.2, -0.15) is 0 Å². The molecule has 0 spiro atoms. The SMILES string of the molecule is CCCC(C)CC(C)C1C(C(C)CC(C(C)CC)C(C)C(C)CC)C(C)(C(C)C)C1(C)C. The summed E-state index contributed by atoms with van der Waals surface area (Å²) < 4.78 is 0. The predicted molar refractivity (Wildman–Crippen MR) is 147 cm³/mol. The van der Waals surface area contributed by atoms with Crippen LogP contribution in [-0.4, -0.2) is 0 Å². The maximum atomic E-state index is 2.66. The first-order valence-corrected chi connectivity index (χ1v) is 14.7. The second-order valence-corrected chi connectivity index (χ2v) is 13.8. The molecule has 0 N–H and O–H groups in total. The van der Waals surface area contributed by atoms with Gasteiger partial charge in [0.1, 0.15) is 0 Å². The molecule has 10 atom stereocenters. The van der Waals surface area contributed by atoms with Crippen LogP contribution >= 0.6 is 0 Å². The van der Waals surface area contributed by atoms with E-state index >= 15 is 0 Å². The topological polar surface area (TPSA) is 0 Å². The molecule has 0 radical (unpaired) electrons. The zero-order valence-electron chi connectivity index (χ0n) is 25.0. The summed E-state index contributed by atoms with van der Waals surface area (Å²) in [7, 11) is 0. The van der Waals surface area contributed by atoms with Crippen molar-refractivity contribution in [3.63, 3.8) is 0 Å². The highest BCUT2D eigenvalue weighted by Crippen LogP contribution is 2.72. The molecule has 0 saturated heterocycles. The van der Waals surface area contributed by atoms with Gasteiger partial charge in [-0.05, 0) is 82.9 Å². The summed E-state index contributed by atoms with van der Waals surface area (Å²) in [5.74, 6) is 8.34. The van der Waals surface area contributed by atoms with Crippen molar-refractivity contribution in [3.05, 3.63) is 0 Å². The zero-order valence-corrected chi connectivity index (χ0v) is 25.0. The fourth-order valence-corrected chi connectivity index (χ4v) is 8.68. The van der Waals surface area contributed by atoms with Gasteiger partial charge in [0.2, 0.25) is 0 Å². The first-order valence-electron chi connectivity index (χ1n) is 14.7. The summed E-state index contributed by atoms with van der Waals surface area (Å²) in [6, 6.07) is 0. The molecule has 1 rings (SSSR count). The molecule has 0 heteroatoms. The molecule has 10 unspecified atom stereocenters. The minimum Gasteiger partial charge on any atom is -0.0654 e. The van der Waals surface area contributed by atoms with Crippen LogP contribution in [0.5, 0.6) is 0 Å². The van der Waals surface area contributed by atoms with E-state index < -0.39 is 0 Å². The Bertz CT molecular complexity index is 530. The van der Waals surface area contributed by atoms with Crippen molar-refractivity contribution in [2.75, 3.05) is 0 Å². The number of hydrogen-bond acceptors (Lipinski definition) is 0. The zero-order chi connectivity index (χ0) is 25.0. The van der Waals surface area contributed by atoms with E-state index in [4.69, 9.17) is 0 Å². The second kappa shape index (κ2) is 12.1. The van der Waals surface area contributed by atoms with Crippen molar-refractivity contribution in [2.45, 2.75) is 135 Å². The van der Waals surface area contributed by atoms with Gasteiger partial charge < -0.3 is 0 Å². The van der Waals surface area contributed by atoms with Crippen molar-refractivity contribution in [2.24, 2.45) is 70.0 Å². The Morgan fingerprint density at radius 2 is 1.16 bits per heavy atom. The molecule has 0 bridgehead atoms. The molecule has 0 nitrogen and oxygen atoms in total. The van der Waals surface area contributed by atoms with Gasteiger partial charge in [0.25, 0.3) is 0 Å². The smallest absolute Gasteiger partial charge is 0.0215 e. The van der Waals surface area contributed by atoms with Crippen LogP contribution in [-0.2, 0) is 0 Å². The molecule has 32 heavy (non-hydrogen) atoms. The number of hydrogen-bond donors (Lipinski definition) is 0. The first kappa shape index (κ1) is 30.0. The standard InChI is InChI=1S/C32H64/c1-15-18-22(6)19-25(9)29-30(32(14,21(4)5)31(29,12)13)26(10)20-28(24(8)17-3)27(11)23(7)16-2/h21-30H,15-20H2,1-14H3. The highest BCUT2D eigenvalue weighted by Gasteiger charge is 2.67. The molecule has 1 fully saturated rings. The Hall–Kier alpha value is 0. The Morgan fingerprint density at radius 1 is 0.656 bits per heavy atom. The lowest BCUT2D eigenvalue weighted by molar-refractivity contribution is -0.245. The first-order chi connectivity index (χ1) is 14.7. The lowest BCUT2D eigenvalue weighted by Gasteiger charge is -2.72. The van der Waals surface area contributed by atoms with E-state index in [0.717, 1.165) is 59.2 Å². The van der Waals surface area contributed by atoms with E-state index in [1.165, 1.54) is 38.5 Å². The van der Waals surface area contributed by atoms with Crippen molar-refractivity contribution in [3.8, 4) is 0 Å². The van der Waals surface area contributed by atoms with Crippen LogP contribution in [0.1, 0.15) is 135 Å². The predicted octanol–water partition coefficient (Wildman–Crippen LogP) is 10.8.